The van der Waals surface area contributed by atoms with Gasteiger partial charge in [0.1, 0.15) is 5.76 Å². The summed E-state index contributed by atoms with van der Waals surface area (Å²) < 4.78 is 45.5. The standard InChI is InChI=1S/C21H14ClF3N2O/c1-12-19(13-5-4-6-14(22)11-13)27-20(26-12)18-10-9-17(28-18)15-7-2-3-8-16(15)21(23,24)25/h2-11H,1H3,(H,26,27). The lowest BCUT2D eigenvalue weighted by Gasteiger charge is -2.10. The molecule has 1 N–H and O–H groups in total. The minimum absolute atomic E-state index is 0.0143. The van der Waals surface area contributed by atoms with Crippen LogP contribution in [0.15, 0.2) is 65.1 Å². The van der Waals surface area contributed by atoms with Gasteiger partial charge < -0.3 is 9.40 Å². The van der Waals surface area contributed by atoms with Crippen LogP contribution in [0, 0.1) is 6.92 Å². The molecule has 4 rings (SSSR count). The number of nitrogens with one attached hydrogen (secondary N) is 1. The molecule has 0 saturated heterocycles. The monoisotopic (exact) mass is 402 g/mol. The molecule has 28 heavy (non-hydrogen) atoms. The average molecular weight is 403 g/mol. The SMILES string of the molecule is Cc1[nH]c(-c2ccc(-c3ccccc3C(F)(F)F)o2)nc1-c1cccc(Cl)c1. The van der Waals surface area contributed by atoms with Crippen molar-refractivity contribution < 1.29 is 17.6 Å². The molecule has 0 fully saturated rings. The van der Waals surface area contributed by atoms with Crippen molar-refractivity contribution in [3.63, 3.8) is 0 Å². The van der Waals surface area contributed by atoms with Gasteiger partial charge in [-0.25, -0.2) is 4.98 Å². The van der Waals surface area contributed by atoms with Gasteiger partial charge in [-0.15, -0.1) is 0 Å². The molecule has 0 spiro atoms. The highest BCUT2D eigenvalue weighted by Crippen LogP contribution is 2.38. The summed E-state index contributed by atoms with van der Waals surface area (Å²) in [7, 11) is 0. The van der Waals surface area contributed by atoms with Gasteiger partial charge in [0.2, 0.25) is 0 Å². The van der Waals surface area contributed by atoms with E-state index in [2.05, 4.69) is 9.97 Å². The Balaban J connectivity index is 1.73. The Hall–Kier alpha value is -2.99. The quantitative estimate of drug-likeness (QED) is 0.401. The molecule has 0 amide bonds. The number of halogens is 4. The van der Waals surface area contributed by atoms with Crippen LogP contribution in [0.1, 0.15) is 11.3 Å². The number of hydrogen-bond acceptors (Lipinski definition) is 2. The molecule has 4 aromatic rings. The number of hydrogen-bond donors (Lipinski definition) is 1. The van der Waals surface area contributed by atoms with Crippen LogP contribution in [0.25, 0.3) is 34.2 Å². The van der Waals surface area contributed by atoms with Crippen LogP contribution in [0.4, 0.5) is 13.2 Å². The van der Waals surface area contributed by atoms with Crippen LogP contribution in [0.2, 0.25) is 5.02 Å². The second-order valence-corrected chi connectivity index (χ2v) is 6.71. The van der Waals surface area contributed by atoms with Crippen molar-refractivity contribution in [2.75, 3.05) is 0 Å². The van der Waals surface area contributed by atoms with Crippen LogP contribution >= 0.6 is 11.6 Å². The highest BCUT2D eigenvalue weighted by atomic mass is 35.5. The Bertz CT molecular complexity index is 1140. The number of nitrogens with zero attached hydrogens (tertiary/aromatic N) is 1. The summed E-state index contributed by atoms with van der Waals surface area (Å²) in [5.74, 6) is 0.910. The normalized spacial score (nSPS) is 11.8. The Morgan fingerprint density at radius 1 is 0.964 bits per heavy atom. The molecule has 0 radical (unpaired) electrons. The third-order valence-electron chi connectivity index (χ3n) is 4.32. The molecule has 0 atom stereocenters. The topological polar surface area (TPSA) is 41.8 Å². The number of benzene rings is 2. The van der Waals surface area contributed by atoms with Crippen molar-refractivity contribution >= 4 is 11.6 Å². The molecule has 0 aliphatic rings. The van der Waals surface area contributed by atoms with Crippen molar-refractivity contribution in [2.24, 2.45) is 0 Å². The molecule has 2 aromatic carbocycles. The maximum absolute atomic E-state index is 13.3. The Morgan fingerprint density at radius 2 is 1.71 bits per heavy atom. The van der Waals surface area contributed by atoms with E-state index < -0.39 is 11.7 Å². The lowest BCUT2D eigenvalue weighted by atomic mass is 10.1. The molecular formula is C21H14ClF3N2O. The molecular weight excluding hydrogens is 389 g/mol. The van der Waals surface area contributed by atoms with E-state index in [0.29, 0.717) is 22.3 Å². The van der Waals surface area contributed by atoms with E-state index in [9.17, 15) is 13.2 Å². The molecule has 2 heterocycles. The number of H-pyrrole nitrogens is 1. The van der Waals surface area contributed by atoms with E-state index in [1.54, 1.807) is 24.3 Å². The number of aromatic nitrogens is 2. The van der Waals surface area contributed by atoms with Gasteiger partial charge in [-0.1, -0.05) is 41.9 Å². The molecule has 0 aliphatic carbocycles. The van der Waals surface area contributed by atoms with Gasteiger partial charge >= 0.3 is 6.18 Å². The second-order valence-electron chi connectivity index (χ2n) is 6.28. The summed E-state index contributed by atoms with van der Waals surface area (Å²) in [5, 5.41) is 0.588. The van der Waals surface area contributed by atoms with E-state index in [-0.39, 0.29) is 11.3 Å². The Kier molecular flexibility index (Phi) is 4.51. The first-order valence-electron chi connectivity index (χ1n) is 8.42. The van der Waals surface area contributed by atoms with Crippen LogP contribution in [-0.4, -0.2) is 9.97 Å². The minimum atomic E-state index is -4.47. The summed E-state index contributed by atoms with van der Waals surface area (Å²) >= 11 is 6.05. The number of aromatic amines is 1. The van der Waals surface area contributed by atoms with Crippen molar-refractivity contribution in [1.29, 1.82) is 0 Å². The summed E-state index contributed by atoms with van der Waals surface area (Å²) in [6.07, 6.45) is -4.47. The molecule has 7 heteroatoms. The Labute approximate surface area is 163 Å². The fourth-order valence-corrected chi connectivity index (χ4v) is 3.24. The van der Waals surface area contributed by atoms with Crippen LogP contribution in [0.3, 0.4) is 0 Å². The van der Waals surface area contributed by atoms with Crippen LogP contribution in [0.5, 0.6) is 0 Å². The first-order valence-corrected chi connectivity index (χ1v) is 8.80. The highest BCUT2D eigenvalue weighted by Gasteiger charge is 2.34. The smallest absolute Gasteiger partial charge is 0.417 e. The van der Waals surface area contributed by atoms with Crippen molar-refractivity contribution in [2.45, 2.75) is 13.1 Å². The Morgan fingerprint density at radius 3 is 2.46 bits per heavy atom. The van der Waals surface area contributed by atoms with Gasteiger partial charge in [-0.2, -0.15) is 13.2 Å². The predicted octanol–water partition coefficient (Wildman–Crippen LogP) is 6.98. The summed E-state index contributed by atoms with van der Waals surface area (Å²) in [5.41, 5.74) is 1.57. The number of furan rings is 1. The van der Waals surface area contributed by atoms with Gasteiger partial charge in [0.15, 0.2) is 11.6 Å². The zero-order valence-electron chi connectivity index (χ0n) is 14.6. The van der Waals surface area contributed by atoms with E-state index in [4.69, 9.17) is 16.0 Å². The lowest BCUT2D eigenvalue weighted by molar-refractivity contribution is -0.137. The molecule has 0 aliphatic heterocycles. The van der Waals surface area contributed by atoms with E-state index in [0.717, 1.165) is 17.3 Å². The van der Waals surface area contributed by atoms with Crippen molar-refractivity contribution in [1.82, 2.24) is 9.97 Å². The first-order chi connectivity index (χ1) is 13.3. The zero-order chi connectivity index (χ0) is 19.9. The number of aryl methyl sites for hydroxylation is 1. The van der Waals surface area contributed by atoms with E-state index in [1.807, 2.05) is 19.1 Å². The van der Waals surface area contributed by atoms with E-state index >= 15 is 0 Å². The van der Waals surface area contributed by atoms with Crippen molar-refractivity contribution in [3.05, 3.63) is 76.9 Å². The van der Waals surface area contributed by atoms with Gasteiger partial charge in [-0.05, 0) is 37.3 Å². The second kappa shape index (κ2) is 6.87. The van der Waals surface area contributed by atoms with Crippen molar-refractivity contribution in [3.8, 4) is 34.2 Å². The first kappa shape index (κ1) is 18.4. The van der Waals surface area contributed by atoms with Gasteiger partial charge in [0.25, 0.3) is 0 Å². The maximum atomic E-state index is 13.3. The molecule has 0 bridgehead atoms. The van der Waals surface area contributed by atoms with Gasteiger partial charge in [-0.3, -0.25) is 0 Å². The van der Waals surface area contributed by atoms with Gasteiger partial charge in [0, 0.05) is 21.8 Å². The molecule has 2 aromatic heterocycles. The predicted molar refractivity (Wildman–Crippen MR) is 102 cm³/mol. The number of rotatable bonds is 3. The summed E-state index contributed by atoms with van der Waals surface area (Å²) in [6, 6.07) is 15.7. The zero-order valence-corrected chi connectivity index (χ0v) is 15.4. The van der Waals surface area contributed by atoms with Crippen LogP contribution < -0.4 is 0 Å². The summed E-state index contributed by atoms with van der Waals surface area (Å²) in [4.78, 5) is 7.66. The molecule has 0 unspecified atom stereocenters. The maximum Gasteiger partial charge on any atom is 0.417 e. The van der Waals surface area contributed by atoms with Crippen LogP contribution in [-0.2, 0) is 6.18 Å². The highest BCUT2D eigenvalue weighted by molar-refractivity contribution is 6.30. The molecule has 0 saturated carbocycles. The third-order valence-corrected chi connectivity index (χ3v) is 4.56. The van der Waals surface area contributed by atoms with E-state index in [1.165, 1.54) is 18.2 Å². The van der Waals surface area contributed by atoms with Gasteiger partial charge in [0.05, 0.1) is 11.3 Å². The lowest BCUT2D eigenvalue weighted by Crippen LogP contribution is -2.06. The fourth-order valence-electron chi connectivity index (χ4n) is 3.05. The number of alkyl halides is 3. The number of imidazole rings is 1. The molecule has 142 valence electrons. The molecule has 3 nitrogen and oxygen atoms in total. The summed E-state index contributed by atoms with van der Waals surface area (Å²) in [6.45, 7) is 1.86. The third kappa shape index (κ3) is 3.43. The average Bonchev–Trinajstić information content (AvgIpc) is 3.28. The minimum Gasteiger partial charge on any atom is -0.453 e. The fraction of sp³-hybridized carbons (Fsp3) is 0.0952. The largest absolute Gasteiger partial charge is 0.453 e.